The number of imidazole rings is 1. The van der Waals surface area contributed by atoms with Gasteiger partial charge in [0.15, 0.2) is 17.0 Å². The first-order valence-corrected chi connectivity index (χ1v) is 6.43. The van der Waals surface area contributed by atoms with E-state index < -0.39 is 6.08 Å². The molecule has 0 bridgehead atoms. The summed E-state index contributed by atoms with van der Waals surface area (Å²) in [6, 6.07) is 9.79. The second-order valence-corrected chi connectivity index (χ2v) is 4.48. The highest BCUT2D eigenvalue weighted by Gasteiger charge is 2.13. The molecule has 3 aromatic rings. The number of hydrogen-bond acceptors (Lipinski definition) is 5. The van der Waals surface area contributed by atoms with E-state index in [1.54, 1.807) is 18.0 Å². The zero-order chi connectivity index (χ0) is 14.7. The van der Waals surface area contributed by atoms with E-state index in [0.29, 0.717) is 23.5 Å². The second-order valence-electron chi connectivity index (χ2n) is 4.48. The van der Waals surface area contributed by atoms with Gasteiger partial charge in [0, 0.05) is 13.7 Å². The molecule has 0 saturated heterocycles. The summed E-state index contributed by atoms with van der Waals surface area (Å²) in [4.78, 5) is 11.8. The molecule has 0 amide bonds. The minimum atomic E-state index is -0.795. The summed E-state index contributed by atoms with van der Waals surface area (Å²) in [5.41, 5.74) is 1.99. The Kier molecular flexibility index (Phi) is 3.74. The van der Waals surface area contributed by atoms with Crippen LogP contribution in [-0.2, 0) is 18.0 Å². The molecule has 0 unspecified atom stereocenters. The van der Waals surface area contributed by atoms with Crippen molar-refractivity contribution in [2.24, 2.45) is 0 Å². The van der Waals surface area contributed by atoms with Crippen LogP contribution in [0.4, 0.5) is 10.2 Å². The number of aromatic nitrogens is 4. The summed E-state index contributed by atoms with van der Waals surface area (Å²) < 4.78 is 20.2. The zero-order valence-corrected chi connectivity index (χ0v) is 11.5. The van der Waals surface area contributed by atoms with Crippen molar-refractivity contribution >= 4 is 17.0 Å². The van der Waals surface area contributed by atoms with Crippen molar-refractivity contribution in [3.8, 4) is 0 Å². The van der Waals surface area contributed by atoms with E-state index >= 15 is 0 Å². The van der Waals surface area contributed by atoms with Crippen LogP contribution >= 0.6 is 0 Å². The van der Waals surface area contributed by atoms with Crippen molar-refractivity contribution in [3.05, 3.63) is 48.3 Å². The number of rotatable bonds is 5. The second kappa shape index (κ2) is 5.84. The number of ether oxygens (including phenoxy) is 1. The quantitative estimate of drug-likeness (QED) is 0.729. The molecule has 0 aliphatic rings. The number of methoxy groups -OCH3 is 1. The highest BCUT2D eigenvalue weighted by atomic mass is 19.1. The first-order valence-electron chi connectivity index (χ1n) is 6.43. The van der Waals surface area contributed by atoms with Gasteiger partial charge in [0.2, 0.25) is 0 Å². The SMILES string of the molecule is COCn1cnc2c(NCc3ccccc3)nc(F)nc21. The lowest BCUT2D eigenvalue weighted by atomic mass is 10.2. The van der Waals surface area contributed by atoms with E-state index in [0.717, 1.165) is 5.56 Å². The van der Waals surface area contributed by atoms with E-state index in [1.807, 2.05) is 30.3 Å². The fourth-order valence-electron chi connectivity index (χ4n) is 2.06. The summed E-state index contributed by atoms with van der Waals surface area (Å²) in [6.07, 6.45) is 0.756. The molecule has 108 valence electrons. The third-order valence-corrected chi connectivity index (χ3v) is 3.01. The molecular weight excluding hydrogens is 273 g/mol. The van der Waals surface area contributed by atoms with Gasteiger partial charge in [-0.05, 0) is 5.56 Å². The monoisotopic (exact) mass is 287 g/mol. The third kappa shape index (κ3) is 2.82. The summed E-state index contributed by atoms with van der Waals surface area (Å²) in [5, 5.41) is 3.09. The molecule has 2 heterocycles. The predicted molar refractivity (Wildman–Crippen MR) is 76.1 cm³/mol. The molecule has 2 aromatic heterocycles. The molecule has 0 aliphatic heterocycles. The maximum atomic E-state index is 13.6. The van der Waals surface area contributed by atoms with Crippen LogP contribution in [0, 0.1) is 6.08 Å². The Morgan fingerprint density at radius 2 is 2.05 bits per heavy atom. The van der Waals surface area contributed by atoms with Crippen LogP contribution in [0.15, 0.2) is 36.7 Å². The van der Waals surface area contributed by atoms with Crippen molar-refractivity contribution < 1.29 is 9.13 Å². The number of fused-ring (bicyclic) bond motifs is 1. The lowest BCUT2D eigenvalue weighted by molar-refractivity contribution is 0.134. The normalized spacial score (nSPS) is 11.0. The molecule has 0 radical (unpaired) electrons. The fraction of sp³-hybridized carbons (Fsp3) is 0.214. The average molecular weight is 287 g/mol. The Hall–Kier alpha value is -2.54. The third-order valence-electron chi connectivity index (χ3n) is 3.01. The first kappa shape index (κ1) is 13.4. The summed E-state index contributed by atoms with van der Waals surface area (Å²) in [5.74, 6) is 0.371. The Bertz CT molecular complexity index is 744. The Balaban J connectivity index is 1.91. The van der Waals surface area contributed by atoms with E-state index in [1.165, 1.54) is 0 Å². The maximum absolute atomic E-state index is 13.6. The van der Waals surface area contributed by atoms with E-state index in [9.17, 15) is 4.39 Å². The van der Waals surface area contributed by atoms with Gasteiger partial charge >= 0.3 is 6.08 Å². The molecule has 0 spiro atoms. The number of benzene rings is 1. The summed E-state index contributed by atoms with van der Waals surface area (Å²) >= 11 is 0. The molecule has 1 aromatic carbocycles. The largest absolute Gasteiger partial charge is 0.364 e. The summed E-state index contributed by atoms with van der Waals surface area (Å²) in [6.45, 7) is 0.786. The van der Waals surface area contributed by atoms with Gasteiger partial charge in [-0.25, -0.2) is 4.98 Å². The first-order chi connectivity index (χ1) is 10.3. The molecule has 1 N–H and O–H groups in total. The fourth-order valence-corrected chi connectivity index (χ4v) is 2.06. The average Bonchev–Trinajstić information content (AvgIpc) is 2.89. The topological polar surface area (TPSA) is 64.9 Å². The van der Waals surface area contributed by atoms with Crippen molar-refractivity contribution in [1.29, 1.82) is 0 Å². The number of anilines is 1. The van der Waals surface area contributed by atoms with Gasteiger partial charge in [-0.1, -0.05) is 30.3 Å². The van der Waals surface area contributed by atoms with Crippen molar-refractivity contribution in [2.75, 3.05) is 12.4 Å². The van der Waals surface area contributed by atoms with Crippen molar-refractivity contribution in [2.45, 2.75) is 13.3 Å². The highest BCUT2D eigenvalue weighted by Crippen LogP contribution is 2.19. The van der Waals surface area contributed by atoms with Gasteiger partial charge in [-0.3, -0.25) is 4.57 Å². The van der Waals surface area contributed by atoms with E-state index in [4.69, 9.17) is 4.74 Å². The van der Waals surface area contributed by atoms with Crippen LogP contribution < -0.4 is 5.32 Å². The van der Waals surface area contributed by atoms with Gasteiger partial charge in [-0.15, -0.1) is 0 Å². The van der Waals surface area contributed by atoms with E-state index in [-0.39, 0.29) is 6.73 Å². The number of nitrogens with one attached hydrogen (secondary N) is 1. The van der Waals surface area contributed by atoms with E-state index in [2.05, 4.69) is 20.3 Å². The number of halogens is 1. The molecule has 0 saturated carbocycles. The van der Waals surface area contributed by atoms with Crippen molar-refractivity contribution in [3.63, 3.8) is 0 Å². The summed E-state index contributed by atoms with van der Waals surface area (Å²) in [7, 11) is 1.55. The van der Waals surface area contributed by atoms with Crippen LogP contribution in [-0.4, -0.2) is 26.6 Å². The molecule has 0 aliphatic carbocycles. The Morgan fingerprint density at radius 1 is 1.24 bits per heavy atom. The van der Waals surface area contributed by atoms with Gasteiger partial charge in [0.05, 0.1) is 6.33 Å². The number of nitrogens with zero attached hydrogens (tertiary/aromatic N) is 4. The smallest absolute Gasteiger partial charge is 0.312 e. The lowest BCUT2D eigenvalue weighted by Crippen LogP contribution is -2.06. The standard InChI is InChI=1S/C14H14FN5O/c1-21-9-20-8-17-11-12(18-14(15)19-13(11)20)16-7-10-5-3-2-4-6-10/h2-6,8H,7,9H2,1H3,(H,16,18,19). The number of hydrogen-bond donors (Lipinski definition) is 1. The molecule has 0 atom stereocenters. The van der Waals surface area contributed by atoms with Crippen molar-refractivity contribution in [1.82, 2.24) is 19.5 Å². The molecular formula is C14H14FN5O. The Labute approximate surface area is 120 Å². The Morgan fingerprint density at radius 3 is 2.81 bits per heavy atom. The molecule has 0 fully saturated rings. The zero-order valence-electron chi connectivity index (χ0n) is 11.5. The van der Waals surface area contributed by atoms with Gasteiger partial charge in [0.25, 0.3) is 0 Å². The van der Waals surface area contributed by atoms with Gasteiger partial charge in [-0.2, -0.15) is 14.4 Å². The van der Waals surface area contributed by atoms with Crippen LogP contribution in [0.25, 0.3) is 11.2 Å². The van der Waals surface area contributed by atoms with Gasteiger partial charge < -0.3 is 10.1 Å². The highest BCUT2D eigenvalue weighted by molar-refractivity contribution is 5.82. The van der Waals surface area contributed by atoms with Gasteiger partial charge in [0.1, 0.15) is 6.73 Å². The molecule has 6 nitrogen and oxygen atoms in total. The minimum Gasteiger partial charge on any atom is -0.364 e. The minimum absolute atomic E-state index is 0.255. The maximum Gasteiger partial charge on any atom is 0.312 e. The molecule has 7 heteroatoms. The van der Waals surface area contributed by atoms with Crippen LogP contribution in [0.5, 0.6) is 0 Å². The predicted octanol–water partition coefficient (Wildman–Crippen LogP) is 2.18. The lowest BCUT2D eigenvalue weighted by Gasteiger charge is -2.07. The van der Waals surface area contributed by atoms with Crippen LogP contribution in [0.3, 0.4) is 0 Å². The molecule has 3 rings (SSSR count). The van der Waals surface area contributed by atoms with Crippen LogP contribution in [0.2, 0.25) is 0 Å². The molecule has 21 heavy (non-hydrogen) atoms. The van der Waals surface area contributed by atoms with Crippen LogP contribution in [0.1, 0.15) is 5.56 Å².